The number of Topliss-reactive ketones (excluding diaryl/α,β-unsaturated/α-hetero) is 1. The number of aliphatic hydroxyl groups is 4. The lowest BCUT2D eigenvalue weighted by atomic mass is 9.44. The molecule has 1 aliphatic heterocycles. The van der Waals surface area contributed by atoms with Gasteiger partial charge >= 0.3 is 23.9 Å². The van der Waals surface area contributed by atoms with Gasteiger partial charge in [0.15, 0.2) is 23.6 Å². The molecule has 4 aliphatic rings. The van der Waals surface area contributed by atoms with Crippen LogP contribution in [0, 0.1) is 16.7 Å². The number of amides is 1. The number of benzene rings is 3. The number of fused-ring (bicyclic) bond motifs is 5. The standard InChI is InChI=1S/C47H51NO15/c1-24-30(61-43(57)33(51)32(27-16-10-7-11-17-27)48-41(55)28-18-12-8-13-19-28)22-47(58)40(62-42(56)29-20-14-9-15-21-29)36-45(6,38(54)35(60-25(2)49)31(24)44(47,4)5)37(53)34(52)39-46(36,23-59-39)63-26(3)50/h7-21,30,32-37,39-40,51-53,58H,22-23H2,1-6H3,(H,48,55)/t30-,32?,33?,34-,35?,36?,37?,39-,40?,45?,46+,47+/m0/s1/i8D,12D,13D,18D,19D. The molecular formula is C47H51NO15. The highest BCUT2D eigenvalue weighted by atomic mass is 16.6. The molecule has 3 aliphatic carbocycles. The van der Waals surface area contributed by atoms with Crippen LogP contribution in [-0.2, 0) is 42.9 Å². The van der Waals surface area contributed by atoms with Crippen molar-refractivity contribution in [1.82, 2.24) is 5.32 Å². The van der Waals surface area contributed by atoms with Gasteiger partial charge in [0.25, 0.3) is 5.91 Å². The summed E-state index contributed by atoms with van der Waals surface area (Å²) in [5.74, 6) is -8.62. The second-order valence-electron chi connectivity index (χ2n) is 17.1. The van der Waals surface area contributed by atoms with E-state index in [1.54, 1.807) is 12.1 Å². The maximum atomic E-state index is 15.6. The molecule has 63 heavy (non-hydrogen) atoms. The first-order valence-corrected chi connectivity index (χ1v) is 20.2. The first-order chi connectivity index (χ1) is 31.8. The van der Waals surface area contributed by atoms with Crippen molar-refractivity contribution in [2.24, 2.45) is 16.7 Å². The van der Waals surface area contributed by atoms with E-state index < -0.39 is 161 Å². The van der Waals surface area contributed by atoms with E-state index in [2.05, 4.69) is 5.32 Å². The van der Waals surface area contributed by atoms with Gasteiger partial charge in [-0.25, -0.2) is 9.59 Å². The van der Waals surface area contributed by atoms with Crippen LogP contribution in [0.4, 0.5) is 0 Å². The van der Waals surface area contributed by atoms with E-state index in [-0.39, 0.29) is 22.3 Å². The molecular weight excluding hydrogens is 819 g/mol. The molecule has 7 unspecified atom stereocenters. The van der Waals surface area contributed by atoms with Crippen molar-refractivity contribution in [3.05, 3.63) is 119 Å². The average Bonchev–Trinajstić information content (AvgIpc) is 3.28. The first kappa shape index (κ1) is 38.9. The van der Waals surface area contributed by atoms with Crippen molar-refractivity contribution >= 4 is 35.6 Å². The third-order valence-corrected chi connectivity index (χ3v) is 13.2. The molecule has 0 aromatic heterocycles. The predicted molar refractivity (Wildman–Crippen MR) is 219 cm³/mol. The van der Waals surface area contributed by atoms with Crippen molar-refractivity contribution in [2.45, 2.75) is 108 Å². The van der Waals surface area contributed by atoms with Crippen LogP contribution in [-0.4, -0.2) is 117 Å². The lowest BCUT2D eigenvalue weighted by molar-refractivity contribution is -0.369. The smallest absolute Gasteiger partial charge is 0.338 e. The summed E-state index contributed by atoms with van der Waals surface area (Å²) in [6, 6.07) is 9.10. The van der Waals surface area contributed by atoms with Gasteiger partial charge in [0.2, 0.25) is 0 Å². The third-order valence-electron chi connectivity index (χ3n) is 13.2. The Kier molecular flexibility index (Phi) is 10.3. The topological polar surface area (TPSA) is 242 Å². The Morgan fingerprint density at radius 3 is 2.06 bits per heavy atom. The van der Waals surface area contributed by atoms with Gasteiger partial charge in [0.05, 0.1) is 42.5 Å². The number of rotatable bonds is 10. The second kappa shape index (κ2) is 16.7. The molecule has 3 aromatic rings. The molecule has 0 spiro atoms. The molecule has 1 saturated heterocycles. The predicted octanol–water partition coefficient (Wildman–Crippen LogP) is 2.71. The molecule has 0 radical (unpaired) electrons. The minimum absolute atomic E-state index is 0.000149. The van der Waals surface area contributed by atoms with Crippen LogP contribution in [0.2, 0.25) is 0 Å². The van der Waals surface area contributed by atoms with Gasteiger partial charge in [-0.3, -0.25) is 19.2 Å². The third kappa shape index (κ3) is 7.42. The summed E-state index contributed by atoms with van der Waals surface area (Å²) < 4.78 is 70.5. The van der Waals surface area contributed by atoms with Crippen LogP contribution in [0.3, 0.4) is 0 Å². The van der Waals surface area contributed by atoms with Crippen LogP contribution < -0.4 is 5.32 Å². The first-order valence-electron chi connectivity index (χ1n) is 22.7. The average molecular weight is 875 g/mol. The zero-order valence-corrected chi connectivity index (χ0v) is 35.2. The van der Waals surface area contributed by atoms with Gasteiger partial charge in [-0.1, -0.05) is 80.5 Å². The SMILES string of the molecule is [2H]c1c([2H])c([2H])c(C(=O)NC(c2ccccc2)C(O)C(=O)O[C@H]2C[C@@]3(O)C(OC(=O)c4ccccc4)C4C(C)(C(=O)C(OC(C)=O)C(=C2C)C3(C)C)C(O)[C@H](O)[C@@H]2OC[C@@]42OC(C)=O)c([2H])c1[2H]. The molecule has 1 heterocycles. The number of hydrogen-bond donors (Lipinski definition) is 5. The van der Waals surface area contributed by atoms with Crippen molar-refractivity contribution in [3.8, 4) is 0 Å². The summed E-state index contributed by atoms with van der Waals surface area (Å²) in [6.07, 6.45) is -14.4. The highest BCUT2D eigenvalue weighted by Gasteiger charge is 2.80. The highest BCUT2D eigenvalue weighted by molar-refractivity contribution is 5.96. The minimum Gasteiger partial charge on any atom is -0.456 e. The normalized spacial score (nSPS) is 33.8. The molecule has 5 N–H and O–H groups in total. The van der Waals surface area contributed by atoms with Gasteiger partial charge in [-0.15, -0.1) is 0 Å². The van der Waals surface area contributed by atoms with Crippen LogP contribution in [0.25, 0.3) is 0 Å². The summed E-state index contributed by atoms with van der Waals surface area (Å²) in [7, 11) is 0. The van der Waals surface area contributed by atoms with Crippen molar-refractivity contribution in [1.29, 1.82) is 0 Å². The molecule has 334 valence electrons. The number of ether oxygens (including phenoxy) is 5. The summed E-state index contributed by atoms with van der Waals surface area (Å²) in [6.45, 7) is 7.00. The zero-order chi connectivity index (χ0) is 50.2. The number of hydrogen-bond acceptors (Lipinski definition) is 15. The summed E-state index contributed by atoms with van der Waals surface area (Å²) in [4.78, 5) is 84.2. The summed E-state index contributed by atoms with van der Waals surface area (Å²) in [5.41, 5.74) is -9.83. The summed E-state index contributed by atoms with van der Waals surface area (Å²) in [5, 5.41) is 51.7. The number of ketones is 1. The number of carbonyl (C=O) groups is 6. The zero-order valence-electron chi connectivity index (χ0n) is 40.2. The molecule has 3 fully saturated rings. The Bertz CT molecular complexity index is 2590. The van der Waals surface area contributed by atoms with Crippen LogP contribution in [0.5, 0.6) is 0 Å². The van der Waals surface area contributed by atoms with E-state index in [1.807, 2.05) is 0 Å². The lowest BCUT2D eigenvalue weighted by Crippen LogP contribution is -2.85. The quantitative estimate of drug-likeness (QED) is 0.112. The van der Waals surface area contributed by atoms with Crippen molar-refractivity contribution in [3.63, 3.8) is 0 Å². The molecule has 7 rings (SSSR count). The minimum atomic E-state index is -2.59. The molecule has 3 aromatic carbocycles. The number of esters is 4. The highest BCUT2D eigenvalue weighted by Crippen LogP contribution is 2.64. The Balaban J connectivity index is 1.39. The Morgan fingerprint density at radius 2 is 1.49 bits per heavy atom. The molecule has 2 bridgehead atoms. The molecule has 1 amide bonds. The fourth-order valence-corrected chi connectivity index (χ4v) is 10.0. The lowest BCUT2D eigenvalue weighted by Gasteiger charge is -2.68. The number of aliphatic hydroxyl groups excluding tert-OH is 3. The van der Waals surface area contributed by atoms with Crippen molar-refractivity contribution < 1.29 is 79.7 Å². The maximum absolute atomic E-state index is 15.6. The van der Waals surface area contributed by atoms with E-state index in [1.165, 1.54) is 76.2 Å². The monoisotopic (exact) mass is 874 g/mol. The molecule has 16 heteroatoms. The fraction of sp³-hybridized carbons (Fsp3) is 0.447. The Labute approximate surface area is 370 Å². The van der Waals surface area contributed by atoms with E-state index >= 15 is 4.79 Å². The van der Waals surface area contributed by atoms with E-state index in [0.717, 1.165) is 13.8 Å². The van der Waals surface area contributed by atoms with Crippen LogP contribution >= 0.6 is 0 Å². The van der Waals surface area contributed by atoms with E-state index in [4.69, 9.17) is 30.5 Å². The number of nitrogens with one attached hydrogen (secondary N) is 1. The van der Waals surface area contributed by atoms with Crippen LogP contribution in [0.15, 0.2) is 102 Å². The Hall–Kier alpha value is -5.78. The van der Waals surface area contributed by atoms with Gasteiger partial charge in [0.1, 0.15) is 30.0 Å². The van der Waals surface area contributed by atoms with Crippen LogP contribution in [0.1, 0.15) is 87.1 Å². The van der Waals surface area contributed by atoms with Gasteiger partial charge in [0, 0.05) is 31.2 Å². The van der Waals surface area contributed by atoms with E-state index in [9.17, 15) is 44.4 Å². The molecule has 2 saturated carbocycles. The second-order valence-corrected chi connectivity index (χ2v) is 17.1. The Morgan fingerprint density at radius 1 is 0.873 bits per heavy atom. The largest absolute Gasteiger partial charge is 0.456 e. The summed E-state index contributed by atoms with van der Waals surface area (Å²) >= 11 is 0. The van der Waals surface area contributed by atoms with Crippen molar-refractivity contribution in [2.75, 3.05) is 6.61 Å². The molecule has 16 nitrogen and oxygen atoms in total. The van der Waals surface area contributed by atoms with Gasteiger partial charge in [-0.2, -0.15) is 0 Å². The van der Waals surface area contributed by atoms with Gasteiger partial charge < -0.3 is 49.4 Å². The molecule has 12 atom stereocenters. The fourth-order valence-electron chi connectivity index (χ4n) is 10.0. The van der Waals surface area contributed by atoms with Gasteiger partial charge in [-0.05, 0) is 54.8 Å². The maximum Gasteiger partial charge on any atom is 0.338 e. The number of carbonyl (C=O) groups excluding carboxylic acids is 6. The van der Waals surface area contributed by atoms with E-state index in [0.29, 0.717) is 0 Å².